The van der Waals surface area contributed by atoms with Crippen molar-refractivity contribution in [1.82, 2.24) is 4.90 Å². The van der Waals surface area contributed by atoms with Crippen molar-refractivity contribution in [1.29, 1.82) is 0 Å². The predicted molar refractivity (Wildman–Crippen MR) is 89.0 cm³/mol. The van der Waals surface area contributed by atoms with Crippen LogP contribution in [0.2, 0.25) is 0 Å². The summed E-state index contributed by atoms with van der Waals surface area (Å²) in [5.74, 6) is 0.158. The standard InChI is InChI=1S/C17H27NOS/c1-3-5-7-13-18(14-8-6-4-2)17(19)12-11-16-10-9-15-20-16/h9-12,15H,3-8,13-14H2,1-2H3/b12-11+. The highest BCUT2D eigenvalue weighted by Gasteiger charge is 2.09. The maximum absolute atomic E-state index is 12.3. The van der Waals surface area contributed by atoms with E-state index < -0.39 is 0 Å². The second kappa shape index (κ2) is 10.7. The minimum absolute atomic E-state index is 0.158. The smallest absolute Gasteiger partial charge is 0.246 e. The number of unbranched alkanes of at least 4 members (excludes halogenated alkanes) is 4. The van der Waals surface area contributed by atoms with Gasteiger partial charge < -0.3 is 4.90 Å². The third-order valence-electron chi connectivity index (χ3n) is 3.31. The number of amides is 1. The fourth-order valence-electron chi connectivity index (χ4n) is 2.08. The van der Waals surface area contributed by atoms with Crippen LogP contribution in [0.15, 0.2) is 23.6 Å². The summed E-state index contributed by atoms with van der Waals surface area (Å²) >= 11 is 1.66. The predicted octanol–water partition coefficient (Wildman–Crippen LogP) is 4.97. The second-order valence-corrected chi connectivity index (χ2v) is 6.07. The Morgan fingerprint density at radius 2 is 1.80 bits per heavy atom. The molecule has 1 heterocycles. The molecular weight excluding hydrogens is 266 g/mol. The lowest BCUT2D eigenvalue weighted by Gasteiger charge is -2.21. The third kappa shape index (κ3) is 6.90. The van der Waals surface area contributed by atoms with Crippen molar-refractivity contribution in [3.05, 3.63) is 28.5 Å². The van der Waals surface area contributed by atoms with Gasteiger partial charge in [0.25, 0.3) is 0 Å². The van der Waals surface area contributed by atoms with Crippen LogP contribution >= 0.6 is 11.3 Å². The van der Waals surface area contributed by atoms with Crippen molar-refractivity contribution in [2.75, 3.05) is 13.1 Å². The quantitative estimate of drug-likeness (QED) is 0.440. The number of carbonyl (C=O) groups excluding carboxylic acids is 1. The highest BCUT2D eigenvalue weighted by molar-refractivity contribution is 7.10. The van der Waals surface area contributed by atoms with Crippen molar-refractivity contribution in [3.8, 4) is 0 Å². The maximum atomic E-state index is 12.3. The van der Waals surface area contributed by atoms with Crippen LogP contribution < -0.4 is 0 Å². The van der Waals surface area contributed by atoms with E-state index in [0.717, 1.165) is 30.8 Å². The summed E-state index contributed by atoms with van der Waals surface area (Å²) < 4.78 is 0. The molecule has 0 aromatic carbocycles. The minimum atomic E-state index is 0.158. The molecule has 0 radical (unpaired) electrons. The molecule has 112 valence electrons. The fraction of sp³-hybridized carbons (Fsp3) is 0.588. The van der Waals surface area contributed by atoms with Crippen molar-refractivity contribution >= 4 is 23.3 Å². The van der Waals surface area contributed by atoms with E-state index >= 15 is 0 Å². The Balaban J connectivity index is 2.48. The third-order valence-corrected chi connectivity index (χ3v) is 4.15. The summed E-state index contributed by atoms with van der Waals surface area (Å²) in [6.45, 7) is 6.18. The molecule has 0 aliphatic carbocycles. The molecule has 0 saturated carbocycles. The van der Waals surface area contributed by atoms with Crippen LogP contribution in [0.1, 0.15) is 57.2 Å². The van der Waals surface area contributed by atoms with Gasteiger partial charge in [-0.25, -0.2) is 0 Å². The van der Waals surface area contributed by atoms with E-state index in [1.807, 2.05) is 28.5 Å². The summed E-state index contributed by atoms with van der Waals surface area (Å²) in [7, 11) is 0. The van der Waals surface area contributed by atoms with E-state index in [-0.39, 0.29) is 5.91 Å². The van der Waals surface area contributed by atoms with Crippen molar-refractivity contribution in [2.24, 2.45) is 0 Å². The van der Waals surface area contributed by atoms with Crippen LogP contribution in [0.4, 0.5) is 0 Å². The van der Waals surface area contributed by atoms with Gasteiger partial charge in [0, 0.05) is 24.0 Å². The van der Waals surface area contributed by atoms with Gasteiger partial charge in [0.05, 0.1) is 0 Å². The molecular formula is C17H27NOS. The van der Waals surface area contributed by atoms with Gasteiger partial charge in [-0.15, -0.1) is 11.3 Å². The Kier molecular flexibility index (Phi) is 9.05. The number of thiophene rings is 1. The number of nitrogens with zero attached hydrogens (tertiary/aromatic N) is 1. The Morgan fingerprint density at radius 3 is 2.30 bits per heavy atom. The van der Waals surface area contributed by atoms with Gasteiger partial charge in [-0.05, 0) is 30.4 Å². The number of hydrogen-bond donors (Lipinski definition) is 0. The molecule has 1 aromatic rings. The van der Waals surface area contributed by atoms with Gasteiger partial charge in [0.15, 0.2) is 0 Å². The number of hydrogen-bond acceptors (Lipinski definition) is 2. The zero-order valence-corrected chi connectivity index (χ0v) is 13.6. The summed E-state index contributed by atoms with van der Waals surface area (Å²) in [5.41, 5.74) is 0. The monoisotopic (exact) mass is 293 g/mol. The Morgan fingerprint density at radius 1 is 1.15 bits per heavy atom. The van der Waals surface area contributed by atoms with Crippen LogP contribution in [0.5, 0.6) is 0 Å². The molecule has 1 amide bonds. The van der Waals surface area contributed by atoms with Crippen molar-refractivity contribution in [2.45, 2.75) is 52.4 Å². The molecule has 3 heteroatoms. The molecule has 20 heavy (non-hydrogen) atoms. The Labute approximate surface area is 127 Å². The second-order valence-electron chi connectivity index (χ2n) is 5.09. The van der Waals surface area contributed by atoms with Crippen LogP contribution in [-0.2, 0) is 4.79 Å². The van der Waals surface area contributed by atoms with Crippen LogP contribution in [0.3, 0.4) is 0 Å². The number of rotatable bonds is 10. The maximum Gasteiger partial charge on any atom is 0.246 e. The SMILES string of the molecule is CCCCCN(CCCCC)C(=O)/C=C/c1cccs1. The van der Waals surface area contributed by atoms with E-state index in [2.05, 4.69) is 13.8 Å². The molecule has 0 N–H and O–H groups in total. The largest absolute Gasteiger partial charge is 0.339 e. The lowest BCUT2D eigenvalue weighted by molar-refractivity contribution is -0.126. The molecule has 2 nitrogen and oxygen atoms in total. The molecule has 0 spiro atoms. The zero-order chi connectivity index (χ0) is 14.6. The fourth-order valence-corrected chi connectivity index (χ4v) is 2.70. The average Bonchev–Trinajstić information content (AvgIpc) is 2.97. The first-order valence-corrected chi connectivity index (χ1v) is 8.66. The molecule has 0 aliphatic rings. The molecule has 0 saturated heterocycles. The van der Waals surface area contributed by atoms with E-state index in [1.165, 1.54) is 25.7 Å². The van der Waals surface area contributed by atoms with Gasteiger partial charge in [-0.2, -0.15) is 0 Å². The molecule has 0 bridgehead atoms. The number of carbonyl (C=O) groups is 1. The van der Waals surface area contributed by atoms with Gasteiger partial charge in [0.1, 0.15) is 0 Å². The van der Waals surface area contributed by atoms with E-state index in [0.29, 0.717) is 0 Å². The summed E-state index contributed by atoms with van der Waals surface area (Å²) in [6, 6.07) is 4.04. The van der Waals surface area contributed by atoms with Crippen molar-refractivity contribution in [3.63, 3.8) is 0 Å². The van der Waals surface area contributed by atoms with E-state index in [4.69, 9.17) is 0 Å². The average molecular weight is 293 g/mol. The molecule has 1 rings (SSSR count). The van der Waals surface area contributed by atoms with E-state index in [1.54, 1.807) is 17.4 Å². The molecule has 0 fully saturated rings. The highest BCUT2D eigenvalue weighted by Crippen LogP contribution is 2.11. The van der Waals surface area contributed by atoms with Crippen LogP contribution in [0, 0.1) is 0 Å². The van der Waals surface area contributed by atoms with E-state index in [9.17, 15) is 4.79 Å². The van der Waals surface area contributed by atoms with Crippen LogP contribution in [-0.4, -0.2) is 23.9 Å². The molecule has 1 aromatic heterocycles. The van der Waals surface area contributed by atoms with Crippen molar-refractivity contribution < 1.29 is 4.79 Å². The Hall–Kier alpha value is -1.09. The first-order chi connectivity index (χ1) is 9.77. The van der Waals surface area contributed by atoms with Gasteiger partial charge in [-0.3, -0.25) is 4.79 Å². The Bertz CT molecular complexity index is 374. The van der Waals surface area contributed by atoms with Crippen LogP contribution in [0.25, 0.3) is 6.08 Å². The molecule has 0 atom stereocenters. The molecule has 0 aliphatic heterocycles. The summed E-state index contributed by atoms with van der Waals surface area (Å²) in [6.07, 6.45) is 10.7. The van der Waals surface area contributed by atoms with Gasteiger partial charge >= 0.3 is 0 Å². The first-order valence-electron chi connectivity index (χ1n) is 7.78. The first kappa shape index (κ1) is 17.0. The summed E-state index contributed by atoms with van der Waals surface area (Å²) in [4.78, 5) is 15.4. The lowest BCUT2D eigenvalue weighted by atomic mass is 10.2. The molecule has 0 unspecified atom stereocenters. The zero-order valence-electron chi connectivity index (χ0n) is 12.8. The summed E-state index contributed by atoms with van der Waals surface area (Å²) in [5, 5.41) is 2.03. The van der Waals surface area contributed by atoms with Gasteiger partial charge in [0.2, 0.25) is 5.91 Å². The minimum Gasteiger partial charge on any atom is -0.339 e. The topological polar surface area (TPSA) is 20.3 Å². The highest BCUT2D eigenvalue weighted by atomic mass is 32.1. The normalized spacial score (nSPS) is 11.1. The van der Waals surface area contributed by atoms with Gasteiger partial charge in [-0.1, -0.05) is 45.6 Å². The lowest BCUT2D eigenvalue weighted by Crippen LogP contribution is -2.31.